The molecule has 8 heteroatoms. The van der Waals surface area contributed by atoms with Crippen molar-refractivity contribution in [3.8, 4) is 0 Å². The van der Waals surface area contributed by atoms with Gasteiger partial charge in [-0.1, -0.05) is 0 Å². The molecule has 0 fully saturated rings. The predicted molar refractivity (Wildman–Crippen MR) is 100 cm³/mol. The van der Waals surface area contributed by atoms with E-state index in [0.29, 0.717) is 10.7 Å². The van der Waals surface area contributed by atoms with Gasteiger partial charge in [-0.25, -0.2) is 4.79 Å². The zero-order chi connectivity index (χ0) is 17.3. The molecule has 0 unspecified atom stereocenters. The van der Waals surface area contributed by atoms with Crippen LogP contribution in [0.3, 0.4) is 0 Å². The normalized spacial score (nSPS) is 12.8. The molecule has 6 nitrogen and oxygen atoms in total. The summed E-state index contributed by atoms with van der Waals surface area (Å²) in [5.41, 5.74) is 3.61. The number of anilines is 2. The molecule has 1 aliphatic carbocycles. The molecule has 2 aromatic rings. The monoisotopic (exact) mass is 364 g/mol. The number of nitrogens with zero attached hydrogens (tertiary/aromatic N) is 2. The minimum atomic E-state index is -0.310. The number of esters is 1. The lowest BCUT2D eigenvalue weighted by Crippen LogP contribution is -2.20. The van der Waals surface area contributed by atoms with Gasteiger partial charge in [0.05, 0.1) is 30.3 Å². The van der Waals surface area contributed by atoms with Gasteiger partial charge in [0.1, 0.15) is 5.00 Å². The molecule has 0 radical (unpaired) electrons. The van der Waals surface area contributed by atoms with Crippen molar-refractivity contribution in [2.45, 2.75) is 39.7 Å². The third-order valence-corrected chi connectivity index (χ3v) is 5.60. The van der Waals surface area contributed by atoms with Crippen LogP contribution in [-0.4, -0.2) is 28.0 Å². The number of carbonyl (C=O) groups excluding carboxylic acids is 1. The Bertz CT molecular complexity index is 794. The van der Waals surface area contributed by atoms with Gasteiger partial charge in [-0.2, -0.15) is 5.10 Å². The fourth-order valence-electron chi connectivity index (χ4n) is 2.96. The van der Waals surface area contributed by atoms with Gasteiger partial charge in [-0.15, -0.1) is 11.3 Å². The zero-order valence-corrected chi connectivity index (χ0v) is 15.6. The van der Waals surface area contributed by atoms with E-state index < -0.39 is 0 Å². The number of fused-ring (bicyclic) bond motifs is 1. The quantitative estimate of drug-likeness (QED) is 0.640. The Hall–Kier alpha value is -1.93. The molecule has 1 aliphatic rings. The van der Waals surface area contributed by atoms with Crippen LogP contribution in [0.4, 0.5) is 10.7 Å². The first-order chi connectivity index (χ1) is 11.5. The molecule has 0 bridgehead atoms. The average Bonchev–Trinajstić information content (AvgIpc) is 3.22. The van der Waals surface area contributed by atoms with Crippen LogP contribution in [0.2, 0.25) is 0 Å². The van der Waals surface area contributed by atoms with Crippen LogP contribution in [-0.2, 0) is 24.1 Å². The molecule has 0 aliphatic heterocycles. The number of thiophene rings is 1. The fraction of sp³-hybridized carbons (Fsp3) is 0.438. The SMILES string of the molecule is CCn1ncc(NC(=S)Nc2sc3c(c2C(=O)OC)CCC3)c1C. The number of aromatic nitrogens is 2. The second-order valence-corrected chi connectivity index (χ2v) is 7.11. The highest BCUT2D eigenvalue weighted by atomic mass is 32.1. The number of carbonyl (C=O) groups is 1. The van der Waals surface area contributed by atoms with Crippen LogP contribution in [0, 0.1) is 6.92 Å². The van der Waals surface area contributed by atoms with Gasteiger partial charge in [0.15, 0.2) is 5.11 Å². The van der Waals surface area contributed by atoms with Crippen LogP contribution in [0.1, 0.15) is 39.8 Å². The highest BCUT2D eigenvalue weighted by Gasteiger charge is 2.27. The summed E-state index contributed by atoms with van der Waals surface area (Å²) in [5, 5.41) is 11.8. The van der Waals surface area contributed by atoms with E-state index >= 15 is 0 Å². The molecule has 24 heavy (non-hydrogen) atoms. The molecule has 2 aromatic heterocycles. The Balaban J connectivity index is 1.79. The first-order valence-corrected chi connectivity index (χ1v) is 9.10. The lowest BCUT2D eigenvalue weighted by atomic mass is 10.1. The van der Waals surface area contributed by atoms with Gasteiger partial charge in [0.25, 0.3) is 0 Å². The standard InChI is InChI=1S/C16H20N4O2S2/c1-4-20-9(2)11(8-17-20)18-16(23)19-14-13(15(21)22-3)10-6-5-7-12(10)24-14/h8H,4-7H2,1-3H3,(H2,18,19,23). The van der Waals surface area contributed by atoms with Crippen molar-refractivity contribution in [3.63, 3.8) is 0 Å². The average molecular weight is 364 g/mol. The molecule has 128 valence electrons. The molecule has 2 N–H and O–H groups in total. The summed E-state index contributed by atoms with van der Waals surface area (Å²) >= 11 is 6.99. The number of hydrogen-bond acceptors (Lipinski definition) is 5. The van der Waals surface area contributed by atoms with E-state index in [1.807, 2.05) is 18.5 Å². The first-order valence-electron chi connectivity index (χ1n) is 7.88. The largest absolute Gasteiger partial charge is 0.465 e. The smallest absolute Gasteiger partial charge is 0.341 e. The molecular weight excluding hydrogens is 344 g/mol. The number of aryl methyl sites for hydroxylation is 2. The Labute approximate surface area is 150 Å². The Morgan fingerprint density at radius 3 is 2.92 bits per heavy atom. The molecule has 0 amide bonds. The number of ether oxygens (including phenoxy) is 1. The summed E-state index contributed by atoms with van der Waals surface area (Å²) in [5.74, 6) is -0.310. The van der Waals surface area contributed by atoms with E-state index in [1.54, 1.807) is 17.5 Å². The van der Waals surface area contributed by atoms with Crippen LogP contribution in [0.25, 0.3) is 0 Å². The summed E-state index contributed by atoms with van der Waals surface area (Å²) in [4.78, 5) is 13.4. The third-order valence-electron chi connectivity index (χ3n) is 4.19. The molecule has 2 heterocycles. The maximum absolute atomic E-state index is 12.2. The number of nitrogens with one attached hydrogen (secondary N) is 2. The molecule has 0 saturated carbocycles. The van der Waals surface area contributed by atoms with E-state index in [0.717, 1.165) is 47.8 Å². The Morgan fingerprint density at radius 2 is 2.25 bits per heavy atom. The van der Waals surface area contributed by atoms with E-state index in [1.165, 1.54) is 12.0 Å². The summed E-state index contributed by atoms with van der Waals surface area (Å²) < 4.78 is 6.84. The van der Waals surface area contributed by atoms with Gasteiger partial charge >= 0.3 is 5.97 Å². The third kappa shape index (κ3) is 3.03. The summed E-state index contributed by atoms with van der Waals surface area (Å²) in [6.07, 6.45) is 4.76. The van der Waals surface area contributed by atoms with Crippen molar-refractivity contribution in [3.05, 3.63) is 27.9 Å². The lowest BCUT2D eigenvalue weighted by molar-refractivity contribution is 0.0601. The highest BCUT2D eigenvalue weighted by Crippen LogP contribution is 2.39. The van der Waals surface area contributed by atoms with Crippen molar-refractivity contribution in [2.24, 2.45) is 0 Å². The van der Waals surface area contributed by atoms with Crippen molar-refractivity contribution in [2.75, 3.05) is 17.7 Å². The van der Waals surface area contributed by atoms with Crippen molar-refractivity contribution >= 4 is 45.3 Å². The molecule has 0 saturated heterocycles. The van der Waals surface area contributed by atoms with Gasteiger partial charge in [-0.05, 0) is 50.9 Å². The molecular formula is C16H20N4O2S2. The zero-order valence-electron chi connectivity index (χ0n) is 13.9. The highest BCUT2D eigenvalue weighted by molar-refractivity contribution is 7.80. The minimum Gasteiger partial charge on any atom is -0.465 e. The van der Waals surface area contributed by atoms with Crippen molar-refractivity contribution in [1.82, 2.24) is 9.78 Å². The van der Waals surface area contributed by atoms with E-state index in [4.69, 9.17) is 17.0 Å². The second-order valence-electron chi connectivity index (χ2n) is 5.59. The minimum absolute atomic E-state index is 0.310. The Morgan fingerprint density at radius 1 is 1.46 bits per heavy atom. The number of methoxy groups -OCH3 is 1. The summed E-state index contributed by atoms with van der Waals surface area (Å²) in [7, 11) is 1.41. The number of hydrogen-bond donors (Lipinski definition) is 2. The molecule has 3 rings (SSSR count). The van der Waals surface area contributed by atoms with E-state index in [9.17, 15) is 4.79 Å². The maximum atomic E-state index is 12.2. The van der Waals surface area contributed by atoms with Crippen LogP contribution < -0.4 is 10.6 Å². The fourth-order valence-corrected chi connectivity index (χ4v) is 4.51. The van der Waals surface area contributed by atoms with Gasteiger partial charge in [0, 0.05) is 11.4 Å². The molecule has 0 spiro atoms. The van der Waals surface area contributed by atoms with Crippen LogP contribution in [0.5, 0.6) is 0 Å². The van der Waals surface area contributed by atoms with E-state index in [2.05, 4.69) is 15.7 Å². The topological polar surface area (TPSA) is 68.2 Å². The Kier molecular flexibility index (Phi) is 4.86. The summed E-state index contributed by atoms with van der Waals surface area (Å²) in [6.45, 7) is 4.83. The number of rotatable bonds is 4. The predicted octanol–water partition coefficient (Wildman–Crippen LogP) is 3.36. The second kappa shape index (κ2) is 6.90. The van der Waals surface area contributed by atoms with Crippen LogP contribution in [0.15, 0.2) is 6.20 Å². The molecule has 0 atom stereocenters. The number of thiocarbonyl (C=S) groups is 1. The van der Waals surface area contributed by atoms with Gasteiger partial charge < -0.3 is 15.4 Å². The molecule has 0 aromatic carbocycles. The van der Waals surface area contributed by atoms with E-state index in [-0.39, 0.29) is 5.97 Å². The van der Waals surface area contributed by atoms with Gasteiger partial charge in [-0.3, -0.25) is 4.68 Å². The van der Waals surface area contributed by atoms with Gasteiger partial charge in [0.2, 0.25) is 0 Å². The summed E-state index contributed by atoms with van der Waals surface area (Å²) in [6, 6.07) is 0. The maximum Gasteiger partial charge on any atom is 0.341 e. The van der Waals surface area contributed by atoms with Crippen LogP contribution >= 0.6 is 23.6 Å². The first kappa shape index (κ1) is 16.9. The van der Waals surface area contributed by atoms with Crippen molar-refractivity contribution < 1.29 is 9.53 Å². The van der Waals surface area contributed by atoms with Crippen molar-refractivity contribution in [1.29, 1.82) is 0 Å². The lowest BCUT2D eigenvalue weighted by Gasteiger charge is -2.11.